The first-order valence-electron chi connectivity index (χ1n) is 25.5. The third-order valence-electron chi connectivity index (χ3n) is 11.0. The molecule has 3 rings (SSSR count). The third-order valence-corrected chi connectivity index (χ3v) is 11.0. The molecular formula is C53H82N8O15. The highest BCUT2D eigenvalue weighted by atomic mass is 16.6. The molecule has 76 heavy (non-hydrogen) atoms. The molecule has 2 aromatic rings. The van der Waals surface area contributed by atoms with Crippen molar-refractivity contribution in [2.75, 3.05) is 67.3 Å². The number of likely N-dealkylation sites (N-methyl/N-ethyl adjacent to an activating group) is 2. The van der Waals surface area contributed by atoms with Crippen molar-refractivity contribution in [3.8, 4) is 22.6 Å². The normalized spacial score (nSPS) is 16.7. The van der Waals surface area contributed by atoms with Crippen molar-refractivity contribution in [1.82, 2.24) is 42.1 Å². The molecule has 0 radical (unpaired) electrons. The Kier molecular flexibility index (Phi) is 24.6. The maximum Gasteiger partial charge on any atom is 0.407 e. The van der Waals surface area contributed by atoms with Gasteiger partial charge in [-0.15, -0.1) is 0 Å². The fraction of sp³-hybridized carbons (Fsp3) is 0.623. The largest absolute Gasteiger partial charge is 0.491 e. The van der Waals surface area contributed by atoms with E-state index in [0.29, 0.717) is 23.3 Å². The number of methoxy groups -OCH3 is 1. The van der Waals surface area contributed by atoms with Crippen LogP contribution >= 0.6 is 0 Å². The Morgan fingerprint density at radius 2 is 1.24 bits per heavy atom. The average molecular weight is 1070 g/mol. The number of esters is 1. The molecule has 0 aromatic heterocycles. The molecule has 424 valence electrons. The number of benzene rings is 2. The minimum Gasteiger partial charge on any atom is -0.491 e. The van der Waals surface area contributed by atoms with Crippen LogP contribution in [0.1, 0.15) is 113 Å². The average Bonchev–Trinajstić information content (AvgIpc) is 3.31. The van der Waals surface area contributed by atoms with Crippen LogP contribution in [0.3, 0.4) is 0 Å². The van der Waals surface area contributed by atoms with Gasteiger partial charge in [-0.05, 0) is 125 Å². The summed E-state index contributed by atoms with van der Waals surface area (Å²) < 4.78 is 39.6. The van der Waals surface area contributed by atoms with Gasteiger partial charge in [0.15, 0.2) is 0 Å². The first-order chi connectivity index (χ1) is 35.6. The molecule has 0 saturated heterocycles. The van der Waals surface area contributed by atoms with Gasteiger partial charge in [-0.1, -0.05) is 25.5 Å². The van der Waals surface area contributed by atoms with Crippen molar-refractivity contribution in [1.29, 1.82) is 0 Å². The van der Waals surface area contributed by atoms with Crippen LogP contribution in [0.4, 0.5) is 14.4 Å². The number of rotatable bonds is 22. The van der Waals surface area contributed by atoms with E-state index in [1.165, 1.54) is 21.1 Å². The van der Waals surface area contributed by atoms with Crippen LogP contribution in [0.15, 0.2) is 36.4 Å². The molecule has 2 aromatic carbocycles. The number of nitrogens with one attached hydrogen (secondary N) is 7. The van der Waals surface area contributed by atoms with E-state index in [4.69, 9.17) is 33.2 Å². The van der Waals surface area contributed by atoms with Crippen LogP contribution in [0.5, 0.6) is 11.5 Å². The molecule has 0 spiro atoms. The minimum atomic E-state index is -1.54. The molecule has 23 heteroatoms. The molecule has 1 heterocycles. The molecular weight excluding hydrogens is 989 g/mol. The second-order valence-electron chi connectivity index (χ2n) is 21.1. The van der Waals surface area contributed by atoms with Gasteiger partial charge in [-0.25, -0.2) is 19.2 Å². The van der Waals surface area contributed by atoms with Gasteiger partial charge in [0, 0.05) is 37.7 Å². The summed E-state index contributed by atoms with van der Waals surface area (Å²) in [7, 11) is 4.10. The van der Waals surface area contributed by atoms with Gasteiger partial charge in [-0.3, -0.25) is 19.2 Å². The van der Waals surface area contributed by atoms with E-state index in [9.17, 15) is 33.6 Å². The van der Waals surface area contributed by atoms with Crippen LogP contribution in [0, 0.1) is 0 Å². The van der Waals surface area contributed by atoms with Crippen molar-refractivity contribution in [3.05, 3.63) is 47.5 Å². The van der Waals surface area contributed by atoms with Crippen LogP contribution in [-0.4, -0.2) is 161 Å². The number of hydrogen-bond acceptors (Lipinski definition) is 16. The number of alkyl carbamates (subject to hydrolysis) is 3. The number of hydrogen-bond donors (Lipinski definition) is 7. The topological polar surface area (TPSA) is 289 Å². The molecule has 7 amide bonds. The van der Waals surface area contributed by atoms with E-state index in [0.717, 1.165) is 17.7 Å². The van der Waals surface area contributed by atoms with E-state index in [1.807, 2.05) is 6.92 Å². The highest BCUT2D eigenvalue weighted by Crippen LogP contribution is 2.40. The monoisotopic (exact) mass is 1070 g/mol. The van der Waals surface area contributed by atoms with E-state index >= 15 is 4.79 Å². The Bertz CT molecular complexity index is 2310. The number of carbonyl (C=O) groups is 8. The second-order valence-corrected chi connectivity index (χ2v) is 21.1. The smallest absolute Gasteiger partial charge is 0.407 e. The number of unbranched alkanes of at least 4 members (excludes halogenated alkanes) is 1. The second kappa shape index (κ2) is 29.4. The highest BCUT2D eigenvalue weighted by Gasteiger charge is 2.37. The lowest BCUT2D eigenvalue weighted by Crippen LogP contribution is -2.57. The predicted molar refractivity (Wildman–Crippen MR) is 281 cm³/mol. The third kappa shape index (κ3) is 21.8. The minimum absolute atomic E-state index is 0.00562. The Balaban J connectivity index is 2.28. The maximum absolute atomic E-state index is 15.0. The summed E-state index contributed by atoms with van der Waals surface area (Å²) in [5, 5.41) is 19.0. The van der Waals surface area contributed by atoms with Crippen LogP contribution in [0.25, 0.3) is 11.1 Å². The van der Waals surface area contributed by atoms with Crippen molar-refractivity contribution < 1.29 is 71.5 Å². The predicted octanol–water partition coefficient (Wildman–Crippen LogP) is 4.18. The van der Waals surface area contributed by atoms with Gasteiger partial charge in [-0.2, -0.15) is 0 Å². The van der Waals surface area contributed by atoms with Gasteiger partial charge in [0.1, 0.15) is 71.7 Å². The lowest BCUT2D eigenvalue weighted by molar-refractivity contribution is -0.145. The summed E-state index contributed by atoms with van der Waals surface area (Å²) in [4.78, 5) is 110. The zero-order valence-electron chi connectivity index (χ0n) is 46.7. The fourth-order valence-electron chi connectivity index (χ4n) is 7.40. The molecule has 0 saturated carbocycles. The lowest BCUT2D eigenvalue weighted by Gasteiger charge is -2.33. The van der Waals surface area contributed by atoms with Gasteiger partial charge in [0.2, 0.25) is 23.6 Å². The molecule has 23 nitrogen and oxygen atoms in total. The van der Waals surface area contributed by atoms with Crippen molar-refractivity contribution in [2.24, 2.45) is 0 Å². The quantitative estimate of drug-likeness (QED) is 0.0495. The van der Waals surface area contributed by atoms with E-state index in [2.05, 4.69) is 37.2 Å². The highest BCUT2D eigenvalue weighted by molar-refractivity contribution is 5.96. The Morgan fingerprint density at radius 3 is 1.75 bits per heavy atom. The first-order valence-corrected chi connectivity index (χ1v) is 25.5. The molecule has 1 aliphatic rings. The summed E-state index contributed by atoms with van der Waals surface area (Å²) in [6.45, 7) is 19.0. The Labute approximate surface area is 446 Å². The fourth-order valence-corrected chi connectivity index (χ4v) is 7.40. The standard InChI is InChI=1S/C53H82N8O15/c1-15-16-25-71-31-39(54-12)44(63)59-37(21-22-55-48(67)74-51(3,4)5)46(65)61(13)42-34-18-20-41(73-27-24-57-50(69)76-53(9,10)11)36(30-34)35-28-33(17-19-40(35)72-26-23-56-49(68)75-52(6,7)8)29-38(47(66)70-14)60-43(62)32(2)58-45(42)64/h17-20,28,30,32,37-39,42,54H,15-16,21-27,29,31H2,1-14H3,(H,55,67)(H,56,68)(H,57,69)(H,58,64)(H,59,63)(H,60,62)/t32-,37-,38-,39-,42-/m0/s1. The van der Waals surface area contributed by atoms with Gasteiger partial charge in [0.05, 0.1) is 26.8 Å². The lowest BCUT2D eigenvalue weighted by atomic mass is 9.93. The molecule has 0 unspecified atom stereocenters. The van der Waals surface area contributed by atoms with Crippen LogP contribution in [-0.2, 0) is 54.1 Å². The summed E-state index contributed by atoms with van der Waals surface area (Å²) in [6.07, 6.45) is -0.683. The van der Waals surface area contributed by atoms with E-state index < -0.39 is 94.9 Å². The van der Waals surface area contributed by atoms with Crippen molar-refractivity contribution in [2.45, 2.75) is 149 Å². The first kappa shape index (κ1) is 63.4. The maximum atomic E-state index is 15.0. The van der Waals surface area contributed by atoms with Crippen molar-refractivity contribution >= 4 is 47.9 Å². The molecule has 0 fully saturated rings. The molecule has 1 aliphatic heterocycles. The van der Waals surface area contributed by atoms with Gasteiger partial charge < -0.3 is 75.3 Å². The zero-order chi connectivity index (χ0) is 57.0. The number of carbonyl (C=O) groups excluding carboxylic acids is 8. The summed E-state index contributed by atoms with van der Waals surface area (Å²) >= 11 is 0. The van der Waals surface area contributed by atoms with Crippen LogP contribution in [0.2, 0.25) is 0 Å². The summed E-state index contributed by atoms with van der Waals surface area (Å²) in [5.74, 6) is -3.22. The van der Waals surface area contributed by atoms with Gasteiger partial charge >= 0.3 is 24.2 Å². The molecule has 4 bridgehead atoms. The number of ether oxygens (including phenoxy) is 7. The van der Waals surface area contributed by atoms with Crippen molar-refractivity contribution in [3.63, 3.8) is 0 Å². The molecule has 0 aliphatic carbocycles. The molecule has 5 atom stereocenters. The van der Waals surface area contributed by atoms with Gasteiger partial charge in [0.25, 0.3) is 0 Å². The SMILES string of the molecule is CCCCOC[C@H](NC)C(=O)N[C@@H](CCNC(=O)OC(C)(C)C)C(=O)N(C)[C@@H]1C(=O)N[C@@H](C)C(=O)N[C@H](C(=O)OC)Cc2ccc(OCCNC(=O)OC(C)(C)C)c(c2)-c2cc1ccc2OCCNC(=O)OC(C)(C)C. The zero-order valence-corrected chi connectivity index (χ0v) is 46.7. The summed E-state index contributed by atoms with van der Waals surface area (Å²) in [6, 6.07) is 3.45. The number of fused-ring (bicyclic) bond motifs is 5. The van der Waals surface area contributed by atoms with Crippen LogP contribution < -0.4 is 46.7 Å². The van der Waals surface area contributed by atoms with E-state index in [1.54, 1.807) is 106 Å². The Hall–Kier alpha value is -6.88. The summed E-state index contributed by atoms with van der Waals surface area (Å²) in [5.41, 5.74) is -0.931. The number of nitrogens with zero attached hydrogens (tertiary/aromatic N) is 1. The molecule has 7 N–H and O–H groups in total. The van der Waals surface area contributed by atoms with E-state index in [-0.39, 0.29) is 69.4 Å². The Morgan fingerprint density at radius 1 is 0.711 bits per heavy atom. The number of amides is 7.